The number of benzene rings is 1. The molecule has 1 aliphatic heterocycles. The quantitative estimate of drug-likeness (QED) is 0.629. The van der Waals surface area contributed by atoms with Crippen LogP contribution in [-0.2, 0) is 21.5 Å². The second kappa shape index (κ2) is 9.63. The summed E-state index contributed by atoms with van der Waals surface area (Å²) in [5, 5.41) is 8.42. The summed E-state index contributed by atoms with van der Waals surface area (Å²) < 4.78 is 30.2. The maximum atomic E-state index is 13.0. The molecular formula is C21H30N6O4S. The van der Waals surface area contributed by atoms with Gasteiger partial charge < -0.3 is 4.90 Å². The highest BCUT2D eigenvalue weighted by molar-refractivity contribution is 7.86. The van der Waals surface area contributed by atoms with Crippen LogP contribution in [0.3, 0.4) is 0 Å². The normalized spacial score (nSPS) is 19.0. The summed E-state index contributed by atoms with van der Waals surface area (Å²) in [5.74, 6) is -0.121. The number of carbonyl (C=O) groups excluding carboxylic acids is 1. The van der Waals surface area contributed by atoms with Gasteiger partial charge in [0.25, 0.3) is 15.8 Å². The first-order valence-corrected chi connectivity index (χ1v) is 12.6. The van der Waals surface area contributed by atoms with Gasteiger partial charge in [0.2, 0.25) is 5.91 Å². The van der Waals surface area contributed by atoms with Crippen molar-refractivity contribution in [2.75, 3.05) is 33.2 Å². The fourth-order valence-electron chi connectivity index (χ4n) is 4.51. The number of carbonyl (C=O) groups is 1. The number of rotatable bonds is 6. The number of amides is 1. The molecule has 1 aromatic heterocycles. The zero-order chi connectivity index (χ0) is 22.7. The Labute approximate surface area is 188 Å². The molecule has 1 saturated heterocycles. The molecular weight excluding hydrogens is 432 g/mol. The van der Waals surface area contributed by atoms with E-state index in [1.807, 2.05) is 0 Å². The molecule has 0 N–H and O–H groups in total. The molecule has 0 atom stereocenters. The van der Waals surface area contributed by atoms with Gasteiger partial charge in [-0.2, -0.15) is 17.0 Å². The van der Waals surface area contributed by atoms with Crippen LogP contribution in [0, 0.1) is 0 Å². The van der Waals surface area contributed by atoms with E-state index in [1.165, 1.54) is 19.7 Å². The van der Waals surface area contributed by atoms with Gasteiger partial charge in [-0.1, -0.05) is 36.6 Å². The van der Waals surface area contributed by atoms with Crippen molar-refractivity contribution in [1.82, 2.24) is 28.5 Å². The van der Waals surface area contributed by atoms with Crippen LogP contribution in [0.15, 0.2) is 29.1 Å². The fourth-order valence-corrected chi connectivity index (χ4v) is 6.09. The van der Waals surface area contributed by atoms with Crippen molar-refractivity contribution in [3.8, 4) is 0 Å². The molecule has 10 nitrogen and oxygen atoms in total. The van der Waals surface area contributed by atoms with Gasteiger partial charge in [-0.15, -0.1) is 5.10 Å². The maximum absolute atomic E-state index is 13.0. The first-order chi connectivity index (χ1) is 15.4. The van der Waals surface area contributed by atoms with E-state index in [2.05, 4.69) is 10.3 Å². The minimum atomic E-state index is -3.53. The number of aryl methyl sites for hydroxylation is 1. The number of hydrogen-bond donors (Lipinski definition) is 0. The van der Waals surface area contributed by atoms with Gasteiger partial charge >= 0.3 is 0 Å². The van der Waals surface area contributed by atoms with E-state index in [0.717, 1.165) is 25.7 Å². The summed E-state index contributed by atoms with van der Waals surface area (Å²) in [6.45, 7) is 1.38. The SMILES string of the molecule is CN(C1CCCCC1)S(=O)(=O)N1CCN(C(=O)CCn2nnc3ccccc3c2=O)CC1. The zero-order valence-corrected chi connectivity index (χ0v) is 19.2. The topological polar surface area (TPSA) is 109 Å². The Kier molecular flexibility index (Phi) is 6.87. The van der Waals surface area contributed by atoms with Gasteiger partial charge in [-0.25, -0.2) is 4.68 Å². The standard InChI is InChI=1S/C21H30N6O4S/c1-24(17-7-3-2-4-8-17)32(30,31)26-15-13-25(14-16-26)20(28)11-12-27-21(29)18-9-5-6-10-19(18)22-23-27/h5-6,9-10,17H,2-4,7-8,11-16H2,1H3. The van der Waals surface area contributed by atoms with E-state index >= 15 is 0 Å². The highest BCUT2D eigenvalue weighted by atomic mass is 32.2. The average Bonchev–Trinajstić information content (AvgIpc) is 2.83. The van der Waals surface area contributed by atoms with Gasteiger partial charge in [-0.3, -0.25) is 9.59 Å². The van der Waals surface area contributed by atoms with Crippen molar-refractivity contribution in [2.45, 2.75) is 51.1 Å². The number of piperazine rings is 1. The molecule has 0 radical (unpaired) electrons. The number of nitrogens with zero attached hydrogens (tertiary/aromatic N) is 6. The predicted octanol–water partition coefficient (Wildman–Crippen LogP) is 0.835. The second-order valence-corrected chi connectivity index (χ2v) is 10.5. The molecule has 1 aromatic carbocycles. The number of aromatic nitrogens is 3. The van der Waals surface area contributed by atoms with E-state index in [-0.39, 0.29) is 43.6 Å². The molecule has 32 heavy (non-hydrogen) atoms. The number of fused-ring (bicyclic) bond motifs is 1. The summed E-state index contributed by atoms with van der Waals surface area (Å²) in [5.41, 5.74) is 0.251. The van der Waals surface area contributed by atoms with E-state index in [0.29, 0.717) is 24.0 Å². The fraction of sp³-hybridized carbons (Fsp3) is 0.619. The van der Waals surface area contributed by atoms with Crippen LogP contribution in [-0.4, -0.2) is 82.1 Å². The minimum absolute atomic E-state index is 0.0646. The third kappa shape index (κ3) is 4.69. The molecule has 1 saturated carbocycles. The van der Waals surface area contributed by atoms with Crippen LogP contribution in [0.25, 0.3) is 10.9 Å². The summed E-state index contributed by atoms with van der Waals surface area (Å²) in [6.07, 6.45) is 5.23. The summed E-state index contributed by atoms with van der Waals surface area (Å²) >= 11 is 0. The molecule has 2 aromatic rings. The second-order valence-electron chi connectivity index (χ2n) is 8.48. The van der Waals surface area contributed by atoms with Crippen LogP contribution in [0.5, 0.6) is 0 Å². The lowest BCUT2D eigenvalue weighted by molar-refractivity contribution is -0.132. The smallest absolute Gasteiger partial charge is 0.282 e. The Morgan fingerprint density at radius 1 is 1.09 bits per heavy atom. The molecule has 2 heterocycles. The summed E-state index contributed by atoms with van der Waals surface area (Å²) in [7, 11) is -1.86. The zero-order valence-electron chi connectivity index (χ0n) is 18.4. The third-order valence-electron chi connectivity index (χ3n) is 6.54. The van der Waals surface area contributed by atoms with Crippen LogP contribution < -0.4 is 5.56 Å². The van der Waals surface area contributed by atoms with Crippen LogP contribution >= 0.6 is 0 Å². The molecule has 4 rings (SSSR count). The first kappa shape index (κ1) is 22.8. The van der Waals surface area contributed by atoms with E-state index in [1.54, 1.807) is 36.2 Å². The lowest BCUT2D eigenvalue weighted by Crippen LogP contribution is -2.55. The maximum Gasteiger partial charge on any atom is 0.282 e. The minimum Gasteiger partial charge on any atom is -0.340 e. The third-order valence-corrected chi connectivity index (χ3v) is 8.58. The predicted molar refractivity (Wildman–Crippen MR) is 120 cm³/mol. The van der Waals surface area contributed by atoms with Gasteiger partial charge in [0, 0.05) is 45.7 Å². The Morgan fingerprint density at radius 2 is 1.78 bits per heavy atom. The Morgan fingerprint density at radius 3 is 2.50 bits per heavy atom. The van der Waals surface area contributed by atoms with Gasteiger partial charge in [0.15, 0.2) is 0 Å². The Bertz CT molecular complexity index is 1120. The lowest BCUT2D eigenvalue weighted by Gasteiger charge is -2.38. The molecule has 2 fully saturated rings. The molecule has 2 aliphatic rings. The Hall–Kier alpha value is -2.37. The summed E-state index contributed by atoms with van der Waals surface area (Å²) in [6, 6.07) is 7.03. The van der Waals surface area contributed by atoms with Gasteiger partial charge in [-0.05, 0) is 25.0 Å². The van der Waals surface area contributed by atoms with Crippen LogP contribution in [0.4, 0.5) is 0 Å². The molecule has 0 bridgehead atoms. The lowest BCUT2D eigenvalue weighted by atomic mass is 9.96. The highest BCUT2D eigenvalue weighted by Crippen LogP contribution is 2.25. The highest BCUT2D eigenvalue weighted by Gasteiger charge is 2.35. The monoisotopic (exact) mass is 462 g/mol. The largest absolute Gasteiger partial charge is 0.340 e. The molecule has 174 valence electrons. The molecule has 0 spiro atoms. The van der Waals surface area contributed by atoms with Gasteiger partial charge in [0.05, 0.1) is 11.9 Å². The molecule has 1 aliphatic carbocycles. The van der Waals surface area contributed by atoms with E-state index in [4.69, 9.17) is 0 Å². The molecule has 11 heteroatoms. The van der Waals surface area contributed by atoms with Crippen molar-refractivity contribution in [1.29, 1.82) is 0 Å². The van der Waals surface area contributed by atoms with Crippen molar-refractivity contribution in [2.24, 2.45) is 0 Å². The molecule has 0 unspecified atom stereocenters. The van der Waals surface area contributed by atoms with E-state index in [9.17, 15) is 18.0 Å². The van der Waals surface area contributed by atoms with Crippen molar-refractivity contribution < 1.29 is 13.2 Å². The van der Waals surface area contributed by atoms with Crippen LogP contribution in [0.2, 0.25) is 0 Å². The van der Waals surface area contributed by atoms with Crippen molar-refractivity contribution >= 4 is 27.0 Å². The van der Waals surface area contributed by atoms with E-state index < -0.39 is 10.2 Å². The van der Waals surface area contributed by atoms with Crippen molar-refractivity contribution in [3.05, 3.63) is 34.6 Å². The van der Waals surface area contributed by atoms with Gasteiger partial charge in [0.1, 0.15) is 5.52 Å². The first-order valence-electron chi connectivity index (χ1n) is 11.2. The van der Waals surface area contributed by atoms with Crippen LogP contribution in [0.1, 0.15) is 38.5 Å². The summed E-state index contributed by atoms with van der Waals surface area (Å²) in [4.78, 5) is 26.8. The molecule has 1 amide bonds. The number of hydrogen-bond acceptors (Lipinski definition) is 6. The average molecular weight is 463 g/mol. The van der Waals surface area contributed by atoms with Crippen molar-refractivity contribution in [3.63, 3.8) is 0 Å². The Balaban J connectivity index is 1.32.